The summed E-state index contributed by atoms with van der Waals surface area (Å²) in [6.45, 7) is 23.1. The molecule has 0 aromatic heterocycles. The Labute approximate surface area is 225 Å². The molecule has 0 aliphatic heterocycles. The van der Waals surface area contributed by atoms with Crippen molar-refractivity contribution in [3.05, 3.63) is 95.8 Å². The minimum absolute atomic E-state index is 0.254. The molecule has 0 heterocycles. The number of aliphatic imine (C=N–C) groups is 1. The standard InChI is InChI=1S/C24H30N2.2C4H10.C2H6/c1-5-12-23(20-13-10-9-11-14-20)26-24(8-4)25-22(7-3)21-17-15-19(6-2)16-18-21;2*1-3-4-2;1-2/h7-11,13-18,23,26H,3,5-6,12H2,1-2,4H3;2*3-4H2,1-2H3;1-2H3/b24-8+,25-22+;;;. The molecule has 0 radical (unpaired) electrons. The van der Waals surface area contributed by atoms with Crippen LogP contribution in [0.5, 0.6) is 0 Å². The summed E-state index contributed by atoms with van der Waals surface area (Å²) >= 11 is 0. The number of nitrogens with zero attached hydrogens (tertiary/aromatic N) is 1. The molecule has 2 rings (SSSR count). The smallest absolute Gasteiger partial charge is 0.122 e. The molecule has 1 N–H and O–H groups in total. The van der Waals surface area contributed by atoms with E-state index in [0.29, 0.717) is 0 Å². The van der Waals surface area contributed by atoms with Gasteiger partial charge in [-0.15, -0.1) is 0 Å². The zero-order valence-corrected chi connectivity index (χ0v) is 25.0. The van der Waals surface area contributed by atoms with Gasteiger partial charge in [-0.05, 0) is 43.0 Å². The van der Waals surface area contributed by atoms with Crippen LogP contribution in [-0.4, -0.2) is 5.71 Å². The van der Waals surface area contributed by atoms with Crippen LogP contribution in [0.3, 0.4) is 0 Å². The maximum atomic E-state index is 4.83. The van der Waals surface area contributed by atoms with E-state index >= 15 is 0 Å². The molecule has 2 aromatic rings. The second-order valence-corrected chi connectivity index (χ2v) is 8.32. The average Bonchev–Trinajstić information content (AvgIpc) is 2.96. The highest BCUT2D eigenvalue weighted by atomic mass is 15.1. The normalized spacial score (nSPS) is 11.5. The Morgan fingerprint density at radius 1 is 0.806 bits per heavy atom. The molecule has 0 bridgehead atoms. The highest BCUT2D eigenvalue weighted by molar-refractivity contribution is 6.08. The van der Waals surface area contributed by atoms with E-state index in [1.807, 2.05) is 32.9 Å². The largest absolute Gasteiger partial charge is 0.364 e. The molecule has 0 fully saturated rings. The van der Waals surface area contributed by atoms with Crippen LogP contribution in [0.25, 0.3) is 0 Å². The number of aryl methyl sites for hydroxylation is 1. The van der Waals surface area contributed by atoms with Gasteiger partial charge in [-0.1, -0.05) is 149 Å². The molecular formula is C34H56N2. The second-order valence-electron chi connectivity index (χ2n) is 8.32. The summed E-state index contributed by atoms with van der Waals surface area (Å²) in [5.41, 5.74) is 4.59. The monoisotopic (exact) mass is 492 g/mol. The Morgan fingerprint density at radius 2 is 1.33 bits per heavy atom. The van der Waals surface area contributed by atoms with E-state index in [2.05, 4.69) is 108 Å². The Morgan fingerprint density at radius 3 is 1.72 bits per heavy atom. The lowest BCUT2D eigenvalue weighted by Crippen LogP contribution is -2.20. The highest BCUT2D eigenvalue weighted by Gasteiger charge is 2.11. The number of hydrogen-bond acceptors (Lipinski definition) is 2. The van der Waals surface area contributed by atoms with Crippen molar-refractivity contribution in [2.45, 2.75) is 113 Å². The Kier molecular flexibility index (Phi) is 25.2. The number of hydrogen-bond donors (Lipinski definition) is 1. The maximum Gasteiger partial charge on any atom is 0.122 e. The molecule has 0 amide bonds. The third kappa shape index (κ3) is 16.1. The lowest BCUT2D eigenvalue weighted by atomic mass is 10.0. The Hall–Kier alpha value is -2.61. The summed E-state index contributed by atoms with van der Waals surface area (Å²) in [5, 5.41) is 3.60. The number of nitrogens with one attached hydrogen (secondary N) is 1. The topological polar surface area (TPSA) is 24.4 Å². The number of rotatable bonds is 11. The molecule has 2 heteroatoms. The van der Waals surface area contributed by atoms with Crippen molar-refractivity contribution in [3.63, 3.8) is 0 Å². The molecular weight excluding hydrogens is 436 g/mol. The SMILES string of the molecule is C=C/C(=N\C(=C/C)NC(CCC)c1ccccc1)c1ccc(CC)cc1.CC.CCCC.CCCC. The van der Waals surface area contributed by atoms with Gasteiger partial charge in [-0.2, -0.15) is 0 Å². The number of allylic oxidation sites excluding steroid dienone is 2. The van der Waals surface area contributed by atoms with Gasteiger partial charge in [-0.3, -0.25) is 0 Å². The summed E-state index contributed by atoms with van der Waals surface area (Å²) in [4.78, 5) is 4.83. The second kappa shape index (κ2) is 25.5. The Balaban J connectivity index is 0. The van der Waals surface area contributed by atoms with E-state index in [1.54, 1.807) is 0 Å². The lowest BCUT2D eigenvalue weighted by Gasteiger charge is -2.20. The molecule has 2 aromatic carbocycles. The predicted octanol–water partition coefficient (Wildman–Crippen LogP) is 10.9. The van der Waals surface area contributed by atoms with Crippen molar-refractivity contribution in [2.75, 3.05) is 0 Å². The molecule has 1 unspecified atom stereocenters. The predicted molar refractivity (Wildman–Crippen MR) is 166 cm³/mol. The maximum absolute atomic E-state index is 4.83. The number of unbranched alkanes of at least 4 members (excludes halogenated alkanes) is 2. The first-order chi connectivity index (χ1) is 17.5. The van der Waals surface area contributed by atoms with Crippen LogP contribution in [0.15, 0.2) is 84.1 Å². The van der Waals surface area contributed by atoms with Gasteiger partial charge in [0.25, 0.3) is 0 Å². The van der Waals surface area contributed by atoms with Gasteiger partial charge in [0.1, 0.15) is 5.82 Å². The summed E-state index contributed by atoms with van der Waals surface area (Å²) in [6, 6.07) is 19.4. The van der Waals surface area contributed by atoms with E-state index in [9.17, 15) is 0 Å². The minimum Gasteiger partial charge on any atom is -0.364 e. The van der Waals surface area contributed by atoms with Crippen LogP contribution < -0.4 is 5.32 Å². The van der Waals surface area contributed by atoms with Crippen LogP contribution in [0.4, 0.5) is 0 Å². The molecule has 36 heavy (non-hydrogen) atoms. The fourth-order valence-electron chi connectivity index (χ4n) is 2.92. The first kappa shape index (κ1) is 35.6. The Bertz CT molecular complexity index is 793. The van der Waals surface area contributed by atoms with Gasteiger partial charge in [0.05, 0.1) is 11.8 Å². The molecule has 0 aliphatic rings. The molecule has 0 aliphatic carbocycles. The van der Waals surface area contributed by atoms with Crippen molar-refractivity contribution in [3.8, 4) is 0 Å². The average molecular weight is 493 g/mol. The van der Waals surface area contributed by atoms with E-state index in [0.717, 1.165) is 36.4 Å². The van der Waals surface area contributed by atoms with E-state index in [-0.39, 0.29) is 6.04 Å². The van der Waals surface area contributed by atoms with Crippen LogP contribution in [0, 0.1) is 0 Å². The first-order valence-electron chi connectivity index (χ1n) is 14.3. The zero-order chi connectivity index (χ0) is 27.6. The first-order valence-corrected chi connectivity index (χ1v) is 14.3. The van der Waals surface area contributed by atoms with Crippen LogP contribution in [-0.2, 0) is 6.42 Å². The lowest BCUT2D eigenvalue weighted by molar-refractivity contribution is 0.541. The van der Waals surface area contributed by atoms with Gasteiger partial charge in [0.2, 0.25) is 0 Å². The van der Waals surface area contributed by atoms with Gasteiger partial charge in [-0.25, -0.2) is 4.99 Å². The summed E-state index contributed by atoms with van der Waals surface area (Å²) in [5.74, 6) is 0.877. The van der Waals surface area contributed by atoms with Gasteiger partial charge < -0.3 is 5.32 Å². The van der Waals surface area contributed by atoms with Crippen molar-refractivity contribution in [2.24, 2.45) is 4.99 Å². The summed E-state index contributed by atoms with van der Waals surface area (Å²) < 4.78 is 0. The van der Waals surface area contributed by atoms with Crippen LogP contribution in [0.1, 0.15) is 124 Å². The fraction of sp³-hybridized carbons (Fsp3) is 0.500. The molecule has 0 saturated heterocycles. The molecule has 0 spiro atoms. The fourth-order valence-corrected chi connectivity index (χ4v) is 2.92. The molecule has 0 saturated carbocycles. The van der Waals surface area contributed by atoms with Crippen molar-refractivity contribution >= 4 is 5.71 Å². The van der Waals surface area contributed by atoms with Crippen LogP contribution in [0.2, 0.25) is 0 Å². The summed E-state index contributed by atoms with van der Waals surface area (Å²) in [7, 11) is 0. The summed E-state index contributed by atoms with van der Waals surface area (Å²) in [6.07, 6.45) is 12.3. The molecule has 202 valence electrons. The van der Waals surface area contributed by atoms with Crippen molar-refractivity contribution in [1.82, 2.24) is 5.32 Å². The van der Waals surface area contributed by atoms with E-state index in [1.165, 1.54) is 36.8 Å². The third-order valence-corrected chi connectivity index (χ3v) is 5.47. The molecule has 1 atom stereocenters. The highest BCUT2D eigenvalue weighted by Crippen LogP contribution is 2.20. The van der Waals surface area contributed by atoms with E-state index < -0.39 is 0 Å². The minimum atomic E-state index is 0.254. The molecule has 2 nitrogen and oxygen atoms in total. The third-order valence-electron chi connectivity index (χ3n) is 5.47. The van der Waals surface area contributed by atoms with Crippen molar-refractivity contribution in [1.29, 1.82) is 0 Å². The van der Waals surface area contributed by atoms with Gasteiger partial charge >= 0.3 is 0 Å². The van der Waals surface area contributed by atoms with E-state index in [4.69, 9.17) is 4.99 Å². The quantitative estimate of drug-likeness (QED) is 0.310. The van der Waals surface area contributed by atoms with Gasteiger partial charge in [0, 0.05) is 5.56 Å². The zero-order valence-electron chi connectivity index (χ0n) is 25.0. The van der Waals surface area contributed by atoms with Crippen molar-refractivity contribution < 1.29 is 0 Å². The number of benzene rings is 2. The van der Waals surface area contributed by atoms with Crippen LogP contribution >= 0.6 is 0 Å². The van der Waals surface area contributed by atoms with Gasteiger partial charge in [0.15, 0.2) is 0 Å².